The van der Waals surface area contributed by atoms with E-state index in [-0.39, 0.29) is 11.6 Å². The fourth-order valence-electron chi connectivity index (χ4n) is 3.06. The molecule has 0 saturated carbocycles. The highest BCUT2D eigenvalue weighted by molar-refractivity contribution is 5.94. The SMILES string of the molecule is CC(=O)Nc1cccc(Nc2nc(-c3ccccc3)nc3ccc([N+](=O)[O-])cc23)c1. The number of amides is 1. The zero-order chi connectivity index (χ0) is 21.1. The van der Waals surface area contributed by atoms with E-state index in [1.165, 1.54) is 19.1 Å². The lowest BCUT2D eigenvalue weighted by molar-refractivity contribution is -0.384. The molecule has 0 aliphatic carbocycles. The molecular formula is C22H17N5O3. The maximum absolute atomic E-state index is 11.3. The lowest BCUT2D eigenvalue weighted by atomic mass is 10.1. The number of carbonyl (C=O) groups excluding carboxylic acids is 1. The van der Waals surface area contributed by atoms with Crippen LogP contribution in [0, 0.1) is 10.1 Å². The first kappa shape index (κ1) is 19.0. The van der Waals surface area contributed by atoms with E-state index in [1.54, 1.807) is 24.3 Å². The van der Waals surface area contributed by atoms with Crippen molar-refractivity contribution in [2.24, 2.45) is 0 Å². The predicted octanol–water partition coefficient (Wildman–Crippen LogP) is 4.91. The fraction of sp³-hybridized carbons (Fsp3) is 0.0455. The molecule has 0 aliphatic rings. The molecule has 0 spiro atoms. The van der Waals surface area contributed by atoms with Gasteiger partial charge in [-0.3, -0.25) is 14.9 Å². The molecule has 0 saturated heterocycles. The number of benzene rings is 3. The Bertz CT molecular complexity index is 1260. The molecule has 0 unspecified atom stereocenters. The van der Waals surface area contributed by atoms with E-state index in [1.807, 2.05) is 36.4 Å². The Morgan fingerprint density at radius 2 is 1.70 bits per heavy atom. The van der Waals surface area contributed by atoms with Crippen molar-refractivity contribution >= 4 is 39.7 Å². The van der Waals surface area contributed by atoms with E-state index in [4.69, 9.17) is 0 Å². The minimum atomic E-state index is -0.453. The number of nitro benzene ring substituents is 1. The highest BCUT2D eigenvalue weighted by Crippen LogP contribution is 2.30. The summed E-state index contributed by atoms with van der Waals surface area (Å²) in [6, 6.07) is 21.1. The third kappa shape index (κ3) is 4.07. The molecule has 1 heterocycles. The van der Waals surface area contributed by atoms with Gasteiger partial charge < -0.3 is 10.6 Å². The number of carbonyl (C=O) groups is 1. The van der Waals surface area contributed by atoms with Crippen LogP contribution >= 0.6 is 0 Å². The number of fused-ring (bicyclic) bond motifs is 1. The quantitative estimate of drug-likeness (QED) is 0.365. The van der Waals surface area contributed by atoms with Crippen molar-refractivity contribution in [3.8, 4) is 11.4 Å². The number of non-ortho nitro benzene ring substituents is 1. The monoisotopic (exact) mass is 399 g/mol. The van der Waals surface area contributed by atoms with Crippen molar-refractivity contribution in [3.63, 3.8) is 0 Å². The second kappa shape index (κ2) is 7.96. The summed E-state index contributed by atoms with van der Waals surface area (Å²) < 4.78 is 0. The number of nitrogens with zero attached hydrogens (tertiary/aromatic N) is 3. The number of rotatable bonds is 5. The molecule has 1 aromatic heterocycles. The van der Waals surface area contributed by atoms with Gasteiger partial charge in [-0.1, -0.05) is 36.4 Å². The number of hydrogen-bond acceptors (Lipinski definition) is 6. The number of aromatic nitrogens is 2. The third-order valence-corrected chi connectivity index (χ3v) is 4.37. The van der Waals surface area contributed by atoms with Gasteiger partial charge in [0.1, 0.15) is 5.82 Å². The Balaban J connectivity index is 1.84. The van der Waals surface area contributed by atoms with Gasteiger partial charge in [-0.15, -0.1) is 0 Å². The van der Waals surface area contributed by atoms with Crippen LogP contribution in [0.5, 0.6) is 0 Å². The molecule has 0 atom stereocenters. The normalized spacial score (nSPS) is 10.6. The lowest BCUT2D eigenvalue weighted by Gasteiger charge is -2.12. The molecule has 8 heteroatoms. The third-order valence-electron chi connectivity index (χ3n) is 4.37. The first-order valence-corrected chi connectivity index (χ1v) is 9.16. The van der Waals surface area contributed by atoms with Crippen molar-refractivity contribution in [2.45, 2.75) is 6.92 Å². The van der Waals surface area contributed by atoms with E-state index in [0.29, 0.717) is 33.9 Å². The largest absolute Gasteiger partial charge is 0.340 e. The van der Waals surface area contributed by atoms with Gasteiger partial charge in [0, 0.05) is 41.4 Å². The molecule has 148 valence electrons. The Morgan fingerprint density at radius 3 is 2.43 bits per heavy atom. The van der Waals surface area contributed by atoms with Gasteiger partial charge in [0.05, 0.1) is 10.4 Å². The highest BCUT2D eigenvalue weighted by Gasteiger charge is 2.14. The van der Waals surface area contributed by atoms with Crippen molar-refractivity contribution in [3.05, 3.63) is 82.9 Å². The van der Waals surface area contributed by atoms with Gasteiger partial charge in [0.15, 0.2) is 5.82 Å². The molecule has 8 nitrogen and oxygen atoms in total. The predicted molar refractivity (Wildman–Crippen MR) is 116 cm³/mol. The molecule has 4 rings (SSSR count). The maximum atomic E-state index is 11.3. The molecule has 0 bridgehead atoms. The van der Waals surface area contributed by atoms with Crippen LogP contribution in [0.25, 0.3) is 22.3 Å². The molecule has 0 radical (unpaired) electrons. The summed E-state index contributed by atoms with van der Waals surface area (Å²) in [5, 5.41) is 17.7. The van der Waals surface area contributed by atoms with Gasteiger partial charge >= 0.3 is 0 Å². The minimum absolute atomic E-state index is 0.0476. The minimum Gasteiger partial charge on any atom is -0.340 e. The Morgan fingerprint density at radius 1 is 0.933 bits per heavy atom. The van der Waals surface area contributed by atoms with Crippen molar-refractivity contribution in [1.29, 1.82) is 0 Å². The molecule has 3 aromatic carbocycles. The van der Waals surface area contributed by atoms with E-state index >= 15 is 0 Å². The number of nitro groups is 1. The summed E-state index contributed by atoms with van der Waals surface area (Å²) in [6.45, 7) is 1.43. The number of nitrogens with one attached hydrogen (secondary N) is 2. The summed E-state index contributed by atoms with van der Waals surface area (Å²) in [4.78, 5) is 31.3. The molecular weight excluding hydrogens is 382 g/mol. The van der Waals surface area contributed by atoms with Crippen LogP contribution in [0.4, 0.5) is 22.9 Å². The molecule has 0 aliphatic heterocycles. The van der Waals surface area contributed by atoms with Gasteiger partial charge in [-0.25, -0.2) is 9.97 Å². The first-order valence-electron chi connectivity index (χ1n) is 9.16. The van der Waals surface area contributed by atoms with Crippen LogP contribution in [0.2, 0.25) is 0 Å². The zero-order valence-corrected chi connectivity index (χ0v) is 16.0. The summed E-state index contributed by atoms with van der Waals surface area (Å²) in [5.74, 6) is 0.752. The van der Waals surface area contributed by atoms with Crippen LogP contribution < -0.4 is 10.6 Å². The summed E-state index contributed by atoms with van der Waals surface area (Å²) in [7, 11) is 0. The summed E-state index contributed by atoms with van der Waals surface area (Å²) in [5.41, 5.74) is 2.66. The van der Waals surface area contributed by atoms with Crippen molar-refractivity contribution < 1.29 is 9.72 Å². The van der Waals surface area contributed by atoms with E-state index < -0.39 is 4.92 Å². The van der Waals surface area contributed by atoms with Gasteiger partial charge in [0.2, 0.25) is 5.91 Å². The standard InChI is InChI=1S/C22H17N5O3/c1-14(28)23-16-8-5-9-17(12-16)24-22-19-13-18(27(29)30)10-11-20(19)25-21(26-22)15-6-3-2-4-7-15/h2-13H,1H3,(H,23,28)(H,24,25,26). The summed E-state index contributed by atoms with van der Waals surface area (Å²) in [6.07, 6.45) is 0. The van der Waals surface area contributed by atoms with Crippen molar-refractivity contribution in [2.75, 3.05) is 10.6 Å². The molecule has 2 N–H and O–H groups in total. The molecule has 30 heavy (non-hydrogen) atoms. The smallest absolute Gasteiger partial charge is 0.270 e. The average molecular weight is 399 g/mol. The van der Waals surface area contributed by atoms with E-state index in [0.717, 1.165) is 5.56 Å². The van der Waals surface area contributed by atoms with Gasteiger partial charge in [-0.2, -0.15) is 0 Å². The van der Waals surface area contributed by atoms with Crippen molar-refractivity contribution in [1.82, 2.24) is 9.97 Å². The van der Waals surface area contributed by atoms with Gasteiger partial charge in [-0.05, 0) is 24.3 Å². The second-order valence-electron chi connectivity index (χ2n) is 6.61. The van der Waals surface area contributed by atoms with Crippen LogP contribution in [-0.2, 0) is 4.79 Å². The highest BCUT2D eigenvalue weighted by atomic mass is 16.6. The Hall–Kier alpha value is -4.33. The Labute approximate surface area is 171 Å². The number of anilines is 3. The fourth-order valence-corrected chi connectivity index (χ4v) is 3.06. The zero-order valence-electron chi connectivity index (χ0n) is 16.0. The van der Waals surface area contributed by atoms with E-state index in [2.05, 4.69) is 20.6 Å². The molecule has 4 aromatic rings. The number of hydrogen-bond donors (Lipinski definition) is 2. The lowest BCUT2D eigenvalue weighted by Crippen LogP contribution is -2.06. The maximum Gasteiger partial charge on any atom is 0.270 e. The van der Waals surface area contributed by atoms with Crippen LogP contribution in [-0.4, -0.2) is 20.8 Å². The van der Waals surface area contributed by atoms with Crippen LogP contribution in [0.1, 0.15) is 6.92 Å². The Kier molecular flexibility index (Phi) is 5.04. The second-order valence-corrected chi connectivity index (χ2v) is 6.61. The van der Waals surface area contributed by atoms with Gasteiger partial charge in [0.25, 0.3) is 5.69 Å². The average Bonchev–Trinajstić information content (AvgIpc) is 2.73. The molecule has 1 amide bonds. The summed E-state index contributed by atoms with van der Waals surface area (Å²) >= 11 is 0. The van der Waals surface area contributed by atoms with E-state index in [9.17, 15) is 14.9 Å². The van der Waals surface area contributed by atoms with Crippen LogP contribution in [0.15, 0.2) is 72.8 Å². The topological polar surface area (TPSA) is 110 Å². The molecule has 0 fully saturated rings. The first-order chi connectivity index (χ1) is 14.5. The van der Waals surface area contributed by atoms with Crippen LogP contribution in [0.3, 0.4) is 0 Å².